The van der Waals surface area contributed by atoms with Crippen LogP contribution in [0.4, 0.5) is 0 Å². The van der Waals surface area contributed by atoms with Crippen LogP contribution >= 0.6 is 46.3 Å². The highest BCUT2D eigenvalue weighted by molar-refractivity contribution is 7.98. The Labute approximate surface area is 198 Å². The average molecular weight is 491 g/mol. The van der Waals surface area contributed by atoms with Crippen molar-refractivity contribution in [2.24, 2.45) is 0 Å². The van der Waals surface area contributed by atoms with Gasteiger partial charge in [0.1, 0.15) is 10.6 Å². The summed E-state index contributed by atoms with van der Waals surface area (Å²) in [6.45, 7) is 6.52. The molecule has 2 heterocycles. The molecule has 0 N–H and O–H groups in total. The SMILES string of the molecule is CCOc1ccc(-n2c(SCc3ccc(Cl)c(Cl)c3)nc3sc(C)c(C)c3c2=O)cc1. The Morgan fingerprint density at radius 2 is 1.84 bits per heavy atom. The smallest absolute Gasteiger partial charge is 0.267 e. The van der Waals surface area contributed by atoms with E-state index < -0.39 is 0 Å². The summed E-state index contributed by atoms with van der Waals surface area (Å²) in [5.74, 6) is 1.37. The number of benzene rings is 2. The van der Waals surface area contributed by atoms with Crippen LogP contribution in [0.25, 0.3) is 15.9 Å². The normalized spacial score (nSPS) is 11.3. The van der Waals surface area contributed by atoms with E-state index >= 15 is 0 Å². The molecule has 0 aliphatic rings. The Morgan fingerprint density at radius 3 is 2.52 bits per heavy atom. The first kappa shape index (κ1) is 22.2. The quantitative estimate of drug-likeness (QED) is 0.214. The predicted octanol–water partition coefficient (Wildman–Crippen LogP) is 7.06. The van der Waals surface area contributed by atoms with Crippen LogP contribution in [-0.2, 0) is 5.75 Å². The third kappa shape index (κ3) is 4.48. The fourth-order valence-electron chi connectivity index (χ4n) is 3.24. The molecule has 0 aliphatic carbocycles. The molecule has 0 amide bonds. The molecule has 0 radical (unpaired) electrons. The molecule has 0 unspecified atom stereocenters. The summed E-state index contributed by atoms with van der Waals surface area (Å²) >= 11 is 15.2. The molecule has 0 fully saturated rings. The zero-order valence-corrected chi connectivity index (χ0v) is 20.4. The number of thiophene rings is 1. The Hall–Kier alpha value is -1.99. The molecule has 4 aromatic rings. The second-order valence-electron chi connectivity index (χ2n) is 6.96. The van der Waals surface area contributed by atoms with Crippen molar-refractivity contribution in [2.75, 3.05) is 6.61 Å². The fourth-order valence-corrected chi connectivity index (χ4v) is 5.58. The average Bonchev–Trinajstić information content (AvgIpc) is 3.04. The zero-order chi connectivity index (χ0) is 22.1. The van der Waals surface area contributed by atoms with Crippen LogP contribution in [-0.4, -0.2) is 16.2 Å². The van der Waals surface area contributed by atoms with Crippen LogP contribution in [0.1, 0.15) is 22.9 Å². The van der Waals surface area contributed by atoms with Gasteiger partial charge in [0.2, 0.25) is 0 Å². The van der Waals surface area contributed by atoms with E-state index in [9.17, 15) is 4.79 Å². The molecular formula is C23H20Cl2N2O2S2. The highest BCUT2D eigenvalue weighted by Crippen LogP contribution is 2.32. The van der Waals surface area contributed by atoms with Gasteiger partial charge in [0.25, 0.3) is 5.56 Å². The number of hydrogen-bond acceptors (Lipinski definition) is 5. The summed E-state index contributed by atoms with van der Waals surface area (Å²) in [4.78, 5) is 20.3. The molecule has 160 valence electrons. The van der Waals surface area contributed by atoms with Crippen LogP contribution in [0.2, 0.25) is 10.0 Å². The number of fused-ring (bicyclic) bond motifs is 1. The molecule has 4 rings (SSSR count). The van der Waals surface area contributed by atoms with Gasteiger partial charge in [-0.1, -0.05) is 41.0 Å². The molecular weight excluding hydrogens is 471 g/mol. The Kier molecular flexibility index (Phi) is 6.63. The topological polar surface area (TPSA) is 44.1 Å². The van der Waals surface area contributed by atoms with Crippen molar-refractivity contribution in [1.82, 2.24) is 9.55 Å². The summed E-state index contributed by atoms with van der Waals surface area (Å²) in [7, 11) is 0. The Morgan fingerprint density at radius 1 is 1.10 bits per heavy atom. The molecule has 31 heavy (non-hydrogen) atoms. The van der Waals surface area contributed by atoms with Gasteiger partial charge in [-0.05, 0) is 68.3 Å². The van der Waals surface area contributed by atoms with E-state index in [-0.39, 0.29) is 5.56 Å². The van der Waals surface area contributed by atoms with Gasteiger partial charge in [0.05, 0.1) is 27.7 Å². The van der Waals surface area contributed by atoms with Gasteiger partial charge in [0, 0.05) is 10.6 Å². The van der Waals surface area contributed by atoms with E-state index in [0.717, 1.165) is 32.3 Å². The van der Waals surface area contributed by atoms with Crippen molar-refractivity contribution < 1.29 is 4.74 Å². The number of aromatic nitrogens is 2. The first-order chi connectivity index (χ1) is 14.9. The second-order valence-corrected chi connectivity index (χ2v) is 9.92. The minimum absolute atomic E-state index is 0.0624. The van der Waals surface area contributed by atoms with E-state index in [2.05, 4.69) is 0 Å². The van der Waals surface area contributed by atoms with Gasteiger partial charge in [-0.3, -0.25) is 9.36 Å². The van der Waals surface area contributed by atoms with Crippen LogP contribution in [0.5, 0.6) is 5.75 Å². The lowest BCUT2D eigenvalue weighted by Gasteiger charge is -2.13. The van der Waals surface area contributed by atoms with Gasteiger partial charge >= 0.3 is 0 Å². The molecule has 0 saturated heterocycles. The van der Waals surface area contributed by atoms with E-state index in [1.807, 2.05) is 57.2 Å². The minimum atomic E-state index is -0.0624. The van der Waals surface area contributed by atoms with Gasteiger partial charge in [-0.15, -0.1) is 11.3 Å². The fraction of sp³-hybridized carbons (Fsp3) is 0.217. The van der Waals surface area contributed by atoms with Crippen LogP contribution in [0.3, 0.4) is 0 Å². The van der Waals surface area contributed by atoms with E-state index in [1.165, 1.54) is 11.8 Å². The number of aryl methyl sites for hydroxylation is 2. The van der Waals surface area contributed by atoms with Crippen molar-refractivity contribution in [3.63, 3.8) is 0 Å². The van der Waals surface area contributed by atoms with Crippen molar-refractivity contribution in [2.45, 2.75) is 31.7 Å². The van der Waals surface area contributed by atoms with Crippen molar-refractivity contribution in [1.29, 1.82) is 0 Å². The summed E-state index contributed by atoms with van der Waals surface area (Å²) in [6, 6.07) is 13.1. The third-order valence-corrected chi connectivity index (χ3v) is 7.78. The minimum Gasteiger partial charge on any atom is -0.494 e. The maximum atomic E-state index is 13.6. The molecule has 0 bridgehead atoms. The Bertz CT molecular complexity index is 1310. The predicted molar refractivity (Wildman–Crippen MR) is 132 cm³/mol. The lowest BCUT2D eigenvalue weighted by Crippen LogP contribution is -2.21. The number of ether oxygens (including phenoxy) is 1. The molecule has 2 aromatic heterocycles. The number of halogens is 2. The third-order valence-electron chi connectivity index (χ3n) is 4.93. The van der Waals surface area contributed by atoms with Crippen LogP contribution in [0.15, 0.2) is 52.4 Å². The molecule has 8 heteroatoms. The summed E-state index contributed by atoms with van der Waals surface area (Å²) in [5.41, 5.74) is 2.68. The highest BCUT2D eigenvalue weighted by atomic mass is 35.5. The van der Waals surface area contributed by atoms with Crippen molar-refractivity contribution in [3.05, 3.63) is 78.9 Å². The zero-order valence-electron chi connectivity index (χ0n) is 17.2. The lowest BCUT2D eigenvalue weighted by molar-refractivity contribution is 0.340. The monoisotopic (exact) mass is 490 g/mol. The standard InChI is InChI=1S/C23H20Cl2N2O2S2/c1-4-29-17-8-6-16(7-9-17)27-22(28)20-13(2)14(3)31-21(20)26-23(27)30-12-15-5-10-18(24)19(25)11-15/h5-11H,4,12H2,1-3H3. The number of rotatable bonds is 6. The van der Waals surface area contributed by atoms with Crippen molar-refractivity contribution in [3.8, 4) is 11.4 Å². The lowest BCUT2D eigenvalue weighted by atomic mass is 10.2. The molecule has 0 saturated carbocycles. The summed E-state index contributed by atoms with van der Waals surface area (Å²) < 4.78 is 7.23. The highest BCUT2D eigenvalue weighted by Gasteiger charge is 2.18. The maximum Gasteiger partial charge on any atom is 0.267 e. The number of nitrogens with zero attached hydrogens (tertiary/aromatic N) is 2. The Balaban J connectivity index is 1.81. The van der Waals surface area contributed by atoms with E-state index in [4.69, 9.17) is 32.9 Å². The number of thioether (sulfide) groups is 1. The molecule has 0 aliphatic heterocycles. The second kappa shape index (κ2) is 9.25. The summed E-state index contributed by atoms with van der Waals surface area (Å²) in [5, 5.41) is 2.34. The van der Waals surface area contributed by atoms with E-state index in [1.54, 1.807) is 22.0 Å². The largest absolute Gasteiger partial charge is 0.494 e. The molecule has 4 nitrogen and oxygen atoms in total. The van der Waals surface area contributed by atoms with Crippen LogP contribution < -0.4 is 10.3 Å². The van der Waals surface area contributed by atoms with E-state index in [0.29, 0.717) is 32.9 Å². The molecule has 0 atom stereocenters. The molecule has 0 spiro atoms. The van der Waals surface area contributed by atoms with Gasteiger partial charge < -0.3 is 4.74 Å². The van der Waals surface area contributed by atoms with Gasteiger partial charge in [-0.25, -0.2) is 4.98 Å². The first-order valence-corrected chi connectivity index (χ1v) is 12.3. The maximum absolute atomic E-state index is 13.6. The molecule has 2 aromatic carbocycles. The van der Waals surface area contributed by atoms with Gasteiger partial charge in [-0.2, -0.15) is 0 Å². The van der Waals surface area contributed by atoms with Crippen LogP contribution in [0, 0.1) is 13.8 Å². The number of hydrogen-bond donors (Lipinski definition) is 0. The van der Waals surface area contributed by atoms with Crippen molar-refractivity contribution >= 4 is 56.5 Å². The summed E-state index contributed by atoms with van der Waals surface area (Å²) in [6.07, 6.45) is 0. The van der Waals surface area contributed by atoms with Gasteiger partial charge in [0.15, 0.2) is 5.16 Å². The first-order valence-electron chi connectivity index (χ1n) is 9.71.